The number of benzene rings is 1. The standard InChI is InChI=1S/C17H26N2O3/c1-3-12-22-14-16(20)13-18-8-10-19(11-9-18)15-4-6-17(21-2)7-5-15/h3-7,16,20H,1,8-14H2,2H3/t16-/m1/s1. The van der Waals surface area contributed by atoms with Gasteiger partial charge < -0.3 is 19.5 Å². The van der Waals surface area contributed by atoms with Gasteiger partial charge >= 0.3 is 0 Å². The van der Waals surface area contributed by atoms with Gasteiger partial charge in [0.1, 0.15) is 5.75 Å². The highest BCUT2D eigenvalue weighted by Gasteiger charge is 2.19. The first kappa shape index (κ1) is 16.8. The van der Waals surface area contributed by atoms with E-state index in [-0.39, 0.29) is 0 Å². The van der Waals surface area contributed by atoms with E-state index in [9.17, 15) is 5.11 Å². The molecule has 1 atom stereocenters. The molecule has 1 aromatic rings. The Balaban J connectivity index is 1.73. The molecule has 1 saturated heterocycles. The van der Waals surface area contributed by atoms with Crippen LogP contribution in [0.5, 0.6) is 5.75 Å². The number of piperazine rings is 1. The van der Waals surface area contributed by atoms with Gasteiger partial charge in [-0.05, 0) is 24.3 Å². The molecule has 5 nitrogen and oxygen atoms in total. The molecule has 22 heavy (non-hydrogen) atoms. The Bertz CT molecular complexity index is 442. The van der Waals surface area contributed by atoms with Crippen LogP contribution < -0.4 is 9.64 Å². The zero-order valence-corrected chi connectivity index (χ0v) is 13.3. The van der Waals surface area contributed by atoms with E-state index < -0.39 is 6.10 Å². The van der Waals surface area contributed by atoms with Crippen LogP contribution in [-0.2, 0) is 4.74 Å². The Labute approximate surface area is 132 Å². The van der Waals surface area contributed by atoms with E-state index in [1.807, 2.05) is 12.1 Å². The fourth-order valence-electron chi connectivity index (χ4n) is 2.62. The molecule has 0 bridgehead atoms. The maximum absolute atomic E-state index is 9.94. The Morgan fingerprint density at radius 1 is 1.23 bits per heavy atom. The van der Waals surface area contributed by atoms with Gasteiger partial charge in [0.25, 0.3) is 0 Å². The summed E-state index contributed by atoms with van der Waals surface area (Å²) in [5, 5.41) is 9.94. The molecule has 2 rings (SSSR count). The minimum absolute atomic E-state index is 0.366. The minimum Gasteiger partial charge on any atom is -0.497 e. The smallest absolute Gasteiger partial charge is 0.119 e. The van der Waals surface area contributed by atoms with Crippen molar-refractivity contribution in [2.45, 2.75) is 6.10 Å². The van der Waals surface area contributed by atoms with Gasteiger partial charge in [-0.2, -0.15) is 0 Å². The molecular formula is C17H26N2O3. The highest BCUT2D eigenvalue weighted by molar-refractivity contribution is 5.49. The second-order valence-corrected chi connectivity index (χ2v) is 5.47. The number of anilines is 1. The predicted octanol–water partition coefficient (Wildman–Crippen LogP) is 1.38. The zero-order chi connectivity index (χ0) is 15.8. The molecule has 0 radical (unpaired) electrons. The number of β-amino-alcohol motifs (C(OH)–C–C–N with tert-alkyl or cyclic N) is 1. The summed E-state index contributed by atoms with van der Waals surface area (Å²) in [6.07, 6.45) is 1.26. The molecule has 1 N–H and O–H groups in total. The van der Waals surface area contributed by atoms with Crippen LogP contribution in [0.3, 0.4) is 0 Å². The quantitative estimate of drug-likeness (QED) is 0.581. The lowest BCUT2D eigenvalue weighted by atomic mass is 10.2. The van der Waals surface area contributed by atoms with Gasteiger partial charge in [0.05, 0.1) is 26.4 Å². The summed E-state index contributed by atoms with van der Waals surface area (Å²) in [5.41, 5.74) is 1.22. The van der Waals surface area contributed by atoms with Crippen LogP contribution in [0.1, 0.15) is 0 Å². The summed E-state index contributed by atoms with van der Waals surface area (Å²) < 4.78 is 10.5. The fourth-order valence-corrected chi connectivity index (χ4v) is 2.62. The van der Waals surface area contributed by atoms with E-state index in [0.29, 0.717) is 19.8 Å². The third kappa shape index (κ3) is 5.02. The number of hydrogen-bond acceptors (Lipinski definition) is 5. The molecule has 0 aliphatic carbocycles. The number of aliphatic hydroxyl groups excluding tert-OH is 1. The lowest BCUT2D eigenvalue weighted by Gasteiger charge is -2.36. The molecule has 0 aromatic heterocycles. The number of ether oxygens (including phenoxy) is 2. The van der Waals surface area contributed by atoms with Crippen LogP contribution in [0.15, 0.2) is 36.9 Å². The van der Waals surface area contributed by atoms with Crippen molar-refractivity contribution in [3.63, 3.8) is 0 Å². The van der Waals surface area contributed by atoms with Gasteiger partial charge in [-0.1, -0.05) is 6.08 Å². The topological polar surface area (TPSA) is 45.2 Å². The van der Waals surface area contributed by atoms with Crippen molar-refractivity contribution in [2.75, 3.05) is 57.9 Å². The molecule has 122 valence electrons. The van der Waals surface area contributed by atoms with E-state index >= 15 is 0 Å². The number of aliphatic hydroxyl groups is 1. The number of hydrogen-bond donors (Lipinski definition) is 1. The van der Waals surface area contributed by atoms with Crippen molar-refractivity contribution in [2.24, 2.45) is 0 Å². The van der Waals surface area contributed by atoms with E-state index in [1.165, 1.54) is 5.69 Å². The summed E-state index contributed by atoms with van der Waals surface area (Å²) in [6, 6.07) is 8.16. The minimum atomic E-state index is -0.438. The Morgan fingerprint density at radius 2 is 1.91 bits per heavy atom. The summed E-state index contributed by atoms with van der Waals surface area (Å²) in [5.74, 6) is 0.880. The van der Waals surface area contributed by atoms with Crippen LogP contribution in [-0.4, -0.2) is 69.2 Å². The lowest BCUT2D eigenvalue weighted by Crippen LogP contribution is -2.49. The van der Waals surface area contributed by atoms with E-state index in [1.54, 1.807) is 13.2 Å². The van der Waals surface area contributed by atoms with Crippen molar-refractivity contribution < 1.29 is 14.6 Å². The lowest BCUT2D eigenvalue weighted by molar-refractivity contribution is 0.0252. The summed E-state index contributed by atoms with van der Waals surface area (Å²) in [6.45, 7) is 8.93. The van der Waals surface area contributed by atoms with Gasteiger partial charge in [0.15, 0.2) is 0 Å². The first-order valence-corrected chi connectivity index (χ1v) is 7.71. The van der Waals surface area contributed by atoms with Gasteiger partial charge in [0, 0.05) is 38.4 Å². The second-order valence-electron chi connectivity index (χ2n) is 5.47. The summed E-state index contributed by atoms with van der Waals surface area (Å²) >= 11 is 0. The average Bonchev–Trinajstić information content (AvgIpc) is 2.56. The number of methoxy groups -OCH3 is 1. The van der Waals surface area contributed by atoms with Gasteiger partial charge in [0.2, 0.25) is 0 Å². The molecule has 1 fully saturated rings. The normalized spacial score (nSPS) is 17.3. The highest BCUT2D eigenvalue weighted by Crippen LogP contribution is 2.20. The number of nitrogens with zero attached hydrogens (tertiary/aromatic N) is 2. The Morgan fingerprint density at radius 3 is 2.50 bits per heavy atom. The SMILES string of the molecule is C=CCOC[C@H](O)CN1CCN(c2ccc(OC)cc2)CC1. The summed E-state index contributed by atoms with van der Waals surface area (Å²) in [7, 11) is 1.68. The first-order valence-electron chi connectivity index (χ1n) is 7.71. The zero-order valence-electron chi connectivity index (χ0n) is 13.3. The van der Waals surface area contributed by atoms with Crippen LogP contribution in [0.2, 0.25) is 0 Å². The van der Waals surface area contributed by atoms with Crippen molar-refractivity contribution in [3.05, 3.63) is 36.9 Å². The van der Waals surface area contributed by atoms with Crippen LogP contribution >= 0.6 is 0 Å². The molecule has 1 aliphatic heterocycles. The molecule has 0 spiro atoms. The molecule has 1 aromatic carbocycles. The fraction of sp³-hybridized carbons (Fsp3) is 0.529. The summed E-state index contributed by atoms with van der Waals surface area (Å²) in [4.78, 5) is 4.64. The van der Waals surface area contributed by atoms with E-state index in [0.717, 1.165) is 31.9 Å². The van der Waals surface area contributed by atoms with E-state index in [4.69, 9.17) is 9.47 Å². The van der Waals surface area contributed by atoms with Crippen LogP contribution in [0.25, 0.3) is 0 Å². The van der Waals surface area contributed by atoms with Crippen LogP contribution in [0.4, 0.5) is 5.69 Å². The van der Waals surface area contributed by atoms with Crippen molar-refractivity contribution in [1.82, 2.24) is 4.90 Å². The predicted molar refractivity (Wildman–Crippen MR) is 88.7 cm³/mol. The molecule has 0 unspecified atom stereocenters. The van der Waals surface area contributed by atoms with Crippen molar-refractivity contribution in [3.8, 4) is 5.75 Å². The monoisotopic (exact) mass is 306 g/mol. The number of rotatable bonds is 8. The second kappa shape index (κ2) is 8.78. The van der Waals surface area contributed by atoms with Gasteiger partial charge in [-0.25, -0.2) is 0 Å². The Hall–Kier alpha value is -1.56. The first-order chi connectivity index (χ1) is 10.7. The maximum Gasteiger partial charge on any atom is 0.119 e. The highest BCUT2D eigenvalue weighted by atomic mass is 16.5. The molecule has 0 saturated carbocycles. The third-order valence-electron chi connectivity index (χ3n) is 3.82. The van der Waals surface area contributed by atoms with E-state index in [2.05, 4.69) is 28.5 Å². The molecule has 0 amide bonds. The molecule has 5 heteroatoms. The largest absolute Gasteiger partial charge is 0.497 e. The molecule has 1 aliphatic rings. The van der Waals surface area contributed by atoms with Crippen molar-refractivity contribution in [1.29, 1.82) is 0 Å². The third-order valence-corrected chi connectivity index (χ3v) is 3.82. The van der Waals surface area contributed by atoms with Gasteiger partial charge in [-0.3, -0.25) is 4.90 Å². The van der Waals surface area contributed by atoms with Crippen LogP contribution in [0, 0.1) is 0 Å². The maximum atomic E-state index is 9.94. The Kier molecular flexibility index (Phi) is 6.71. The van der Waals surface area contributed by atoms with Crippen molar-refractivity contribution >= 4 is 5.69 Å². The molecular weight excluding hydrogens is 280 g/mol. The van der Waals surface area contributed by atoms with Gasteiger partial charge in [-0.15, -0.1) is 6.58 Å². The molecule has 1 heterocycles. The average molecular weight is 306 g/mol.